The van der Waals surface area contributed by atoms with Gasteiger partial charge >= 0.3 is 0 Å². The predicted molar refractivity (Wildman–Crippen MR) is 43.8 cm³/mol. The summed E-state index contributed by atoms with van der Waals surface area (Å²) in [6.07, 6.45) is 5.19. The number of thiol groups is 1. The minimum atomic E-state index is 0.441. The van der Waals surface area contributed by atoms with Gasteiger partial charge in [-0.25, -0.2) is 0 Å². The molecule has 1 aliphatic carbocycles. The quantitative estimate of drug-likeness (QED) is 0.536. The molecule has 1 nitrogen and oxygen atoms in total. The van der Waals surface area contributed by atoms with E-state index in [4.69, 9.17) is 5.73 Å². The molecular weight excluding hydrogens is 130 g/mol. The fourth-order valence-electron chi connectivity index (χ4n) is 1.46. The van der Waals surface area contributed by atoms with Crippen molar-refractivity contribution >= 4 is 12.6 Å². The molecule has 0 heterocycles. The molecule has 1 fully saturated rings. The molecule has 1 unspecified atom stereocenters. The number of hydrogen-bond donors (Lipinski definition) is 2. The SMILES string of the molecule is N[C@@H]1CCCCC1CS. The van der Waals surface area contributed by atoms with E-state index in [1.165, 1.54) is 25.7 Å². The fourth-order valence-corrected chi connectivity index (χ4v) is 1.92. The maximum absolute atomic E-state index is 5.84. The summed E-state index contributed by atoms with van der Waals surface area (Å²) in [5.41, 5.74) is 5.84. The molecular formula is C7H15NS. The average molecular weight is 145 g/mol. The van der Waals surface area contributed by atoms with Crippen LogP contribution in [-0.4, -0.2) is 11.8 Å². The summed E-state index contributed by atoms with van der Waals surface area (Å²) in [7, 11) is 0. The fraction of sp³-hybridized carbons (Fsp3) is 1.00. The Hall–Kier alpha value is 0.310. The molecule has 0 amide bonds. The van der Waals surface area contributed by atoms with E-state index in [1.54, 1.807) is 0 Å². The van der Waals surface area contributed by atoms with E-state index < -0.39 is 0 Å². The van der Waals surface area contributed by atoms with Gasteiger partial charge in [-0.1, -0.05) is 12.8 Å². The molecule has 0 aromatic rings. The van der Waals surface area contributed by atoms with Gasteiger partial charge in [0.25, 0.3) is 0 Å². The molecule has 0 aliphatic heterocycles. The number of hydrogen-bond acceptors (Lipinski definition) is 2. The second-order valence-corrected chi connectivity index (χ2v) is 3.26. The second-order valence-electron chi connectivity index (χ2n) is 2.89. The Morgan fingerprint density at radius 3 is 2.44 bits per heavy atom. The molecule has 0 radical (unpaired) electrons. The van der Waals surface area contributed by atoms with E-state index in [-0.39, 0.29) is 0 Å². The van der Waals surface area contributed by atoms with Crippen molar-refractivity contribution in [2.45, 2.75) is 31.7 Å². The summed E-state index contributed by atoms with van der Waals surface area (Å²) in [4.78, 5) is 0. The monoisotopic (exact) mass is 145 g/mol. The highest BCUT2D eigenvalue weighted by Crippen LogP contribution is 2.23. The summed E-state index contributed by atoms with van der Waals surface area (Å²) in [5.74, 6) is 1.67. The lowest BCUT2D eigenvalue weighted by molar-refractivity contribution is 0.336. The number of nitrogens with two attached hydrogens (primary N) is 1. The van der Waals surface area contributed by atoms with E-state index in [0.717, 1.165) is 5.75 Å². The summed E-state index contributed by atoms with van der Waals surface area (Å²) >= 11 is 4.24. The first-order valence-electron chi connectivity index (χ1n) is 3.71. The lowest BCUT2D eigenvalue weighted by Gasteiger charge is -2.26. The normalized spacial score (nSPS) is 36.7. The Balaban J connectivity index is 2.30. The Morgan fingerprint density at radius 2 is 2.00 bits per heavy atom. The highest BCUT2D eigenvalue weighted by molar-refractivity contribution is 7.80. The highest BCUT2D eigenvalue weighted by atomic mass is 32.1. The maximum Gasteiger partial charge on any atom is 0.00749 e. The van der Waals surface area contributed by atoms with Gasteiger partial charge in [-0.2, -0.15) is 12.6 Å². The van der Waals surface area contributed by atoms with Crippen LogP contribution in [0.5, 0.6) is 0 Å². The van der Waals surface area contributed by atoms with Crippen LogP contribution in [0.4, 0.5) is 0 Å². The van der Waals surface area contributed by atoms with E-state index >= 15 is 0 Å². The van der Waals surface area contributed by atoms with Gasteiger partial charge < -0.3 is 5.73 Å². The molecule has 1 aliphatic rings. The predicted octanol–water partition coefficient (Wildman–Crippen LogP) is 1.43. The first-order chi connectivity index (χ1) is 4.34. The molecule has 2 atom stereocenters. The molecule has 0 aromatic carbocycles. The van der Waals surface area contributed by atoms with Crippen molar-refractivity contribution in [2.24, 2.45) is 11.7 Å². The van der Waals surface area contributed by atoms with Crippen molar-refractivity contribution in [3.05, 3.63) is 0 Å². The van der Waals surface area contributed by atoms with Crippen molar-refractivity contribution in [3.8, 4) is 0 Å². The first kappa shape index (κ1) is 7.42. The first-order valence-corrected chi connectivity index (χ1v) is 4.34. The molecule has 1 saturated carbocycles. The van der Waals surface area contributed by atoms with Gasteiger partial charge in [0.05, 0.1) is 0 Å². The van der Waals surface area contributed by atoms with Crippen molar-refractivity contribution in [3.63, 3.8) is 0 Å². The standard InChI is InChI=1S/C7H15NS/c8-7-4-2-1-3-6(7)5-9/h6-7,9H,1-5,8H2/t6?,7-/m1/s1. The minimum absolute atomic E-state index is 0.441. The van der Waals surface area contributed by atoms with Gasteiger partial charge in [-0.3, -0.25) is 0 Å². The summed E-state index contributed by atoms with van der Waals surface area (Å²) in [6, 6.07) is 0.441. The largest absolute Gasteiger partial charge is 0.327 e. The Bertz CT molecular complexity index is 85.0. The van der Waals surface area contributed by atoms with E-state index in [9.17, 15) is 0 Å². The van der Waals surface area contributed by atoms with Crippen molar-refractivity contribution in [1.29, 1.82) is 0 Å². The van der Waals surface area contributed by atoms with Crippen LogP contribution in [0.25, 0.3) is 0 Å². The van der Waals surface area contributed by atoms with Gasteiger partial charge in [-0.05, 0) is 24.5 Å². The molecule has 9 heavy (non-hydrogen) atoms. The molecule has 0 spiro atoms. The smallest absolute Gasteiger partial charge is 0.00749 e. The minimum Gasteiger partial charge on any atom is -0.327 e. The van der Waals surface area contributed by atoms with Gasteiger partial charge in [0.2, 0.25) is 0 Å². The van der Waals surface area contributed by atoms with Crippen molar-refractivity contribution in [1.82, 2.24) is 0 Å². The van der Waals surface area contributed by atoms with Crippen LogP contribution < -0.4 is 5.73 Å². The molecule has 0 saturated heterocycles. The van der Waals surface area contributed by atoms with E-state index in [0.29, 0.717) is 12.0 Å². The van der Waals surface area contributed by atoms with Gasteiger partial charge in [0.1, 0.15) is 0 Å². The molecule has 2 N–H and O–H groups in total. The van der Waals surface area contributed by atoms with Crippen LogP contribution in [0.15, 0.2) is 0 Å². The van der Waals surface area contributed by atoms with Gasteiger partial charge in [0.15, 0.2) is 0 Å². The maximum atomic E-state index is 5.84. The van der Waals surface area contributed by atoms with Crippen LogP contribution in [0, 0.1) is 5.92 Å². The highest BCUT2D eigenvalue weighted by Gasteiger charge is 2.19. The van der Waals surface area contributed by atoms with Gasteiger partial charge in [0, 0.05) is 6.04 Å². The zero-order chi connectivity index (χ0) is 6.69. The van der Waals surface area contributed by atoms with Crippen LogP contribution in [-0.2, 0) is 0 Å². The van der Waals surface area contributed by atoms with Crippen LogP contribution >= 0.6 is 12.6 Å². The van der Waals surface area contributed by atoms with Crippen LogP contribution in [0.3, 0.4) is 0 Å². The van der Waals surface area contributed by atoms with Crippen LogP contribution in [0.2, 0.25) is 0 Å². The summed E-state index contributed by atoms with van der Waals surface area (Å²) < 4.78 is 0. The number of rotatable bonds is 1. The molecule has 0 aromatic heterocycles. The third-order valence-corrected chi connectivity index (χ3v) is 2.67. The topological polar surface area (TPSA) is 26.0 Å². The molecule has 54 valence electrons. The third-order valence-electron chi connectivity index (χ3n) is 2.20. The molecule has 1 rings (SSSR count). The van der Waals surface area contributed by atoms with Gasteiger partial charge in [-0.15, -0.1) is 0 Å². The Labute approximate surface area is 62.4 Å². The lowest BCUT2D eigenvalue weighted by Crippen LogP contribution is -2.33. The lowest BCUT2D eigenvalue weighted by atomic mass is 9.86. The average Bonchev–Trinajstić information content (AvgIpc) is 1.89. The second kappa shape index (κ2) is 3.47. The Kier molecular flexibility index (Phi) is 2.86. The van der Waals surface area contributed by atoms with E-state index in [1.807, 2.05) is 0 Å². The summed E-state index contributed by atoms with van der Waals surface area (Å²) in [5, 5.41) is 0. The van der Waals surface area contributed by atoms with Crippen LogP contribution in [0.1, 0.15) is 25.7 Å². The Morgan fingerprint density at radius 1 is 1.33 bits per heavy atom. The molecule has 0 bridgehead atoms. The molecule has 2 heteroatoms. The van der Waals surface area contributed by atoms with E-state index in [2.05, 4.69) is 12.6 Å². The zero-order valence-corrected chi connectivity index (χ0v) is 6.61. The zero-order valence-electron chi connectivity index (χ0n) is 5.71. The summed E-state index contributed by atoms with van der Waals surface area (Å²) in [6.45, 7) is 0. The third kappa shape index (κ3) is 1.87. The van der Waals surface area contributed by atoms with Crippen molar-refractivity contribution in [2.75, 3.05) is 5.75 Å². The van der Waals surface area contributed by atoms with Crippen molar-refractivity contribution < 1.29 is 0 Å².